The van der Waals surface area contributed by atoms with E-state index in [-0.39, 0.29) is 18.5 Å². The van der Waals surface area contributed by atoms with Gasteiger partial charge in [-0.05, 0) is 40.0 Å². The Morgan fingerprint density at radius 2 is 1.76 bits per heavy atom. The second-order valence-electron chi connectivity index (χ2n) is 4.77. The van der Waals surface area contributed by atoms with Gasteiger partial charge in [0.05, 0.1) is 12.6 Å². The number of rotatable bonds is 6. The number of amides is 1. The van der Waals surface area contributed by atoms with E-state index < -0.39 is 0 Å². The Morgan fingerprint density at radius 3 is 2.43 bits per heavy atom. The van der Waals surface area contributed by atoms with E-state index in [2.05, 4.69) is 33.5 Å². The molecule has 0 spiro atoms. The number of carbonyl (C=O) groups excluding carboxylic acids is 1. The first-order valence-electron chi connectivity index (χ1n) is 7.03. The van der Waals surface area contributed by atoms with Gasteiger partial charge in [-0.25, -0.2) is 0 Å². The van der Waals surface area contributed by atoms with E-state index in [4.69, 9.17) is 0 Å². The van der Waals surface area contributed by atoms with Crippen LogP contribution in [0.4, 0.5) is 5.69 Å². The Balaban J connectivity index is 1.90. The van der Waals surface area contributed by atoms with Gasteiger partial charge in [-0.3, -0.25) is 4.79 Å². The molecule has 2 aromatic rings. The zero-order valence-corrected chi connectivity index (χ0v) is 13.6. The van der Waals surface area contributed by atoms with Crippen molar-refractivity contribution in [2.75, 3.05) is 11.9 Å². The highest BCUT2D eigenvalue weighted by Crippen LogP contribution is 2.21. The van der Waals surface area contributed by atoms with Gasteiger partial charge in [-0.1, -0.05) is 49.4 Å². The lowest BCUT2D eigenvalue weighted by atomic mass is 10.0. The topological polar surface area (TPSA) is 41.1 Å². The molecule has 2 aromatic carbocycles. The third-order valence-electron chi connectivity index (χ3n) is 3.26. The van der Waals surface area contributed by atoms with Crippen LogP contribution in [-0.2, 0) is 4.79 Å². The minimum Gasteiger partial charge on any atom is -0.375 e. The van der Waals surface area contributed by atoms with Crippen molar-refractivity contribution >= 4 is 27.5 Å². The van der Waals surface area contributed by atoms with Crippen LogP contribution >= 0.6 is 15.9 Å². The predicted octanol–water partition coefficient (Wildman–Crippen LogP) is 4.13. The summed E-state index contributed by atoms with van der Waals surface area (Å²) in [6.45, 7) is 2.32. The van der Waals surface area contributed by atoms with Crippen LogP contribution in [-0.4, -0.2) is 12.5 Å². The molecule has 0 saturated heterocycles. The van der Waals surface area contributed by atoms with E-state index >= 15 is 0 Å². The molecule has 4 heteroatoms. The Kier molecular flexibility index (Phi) is 5.81. The highest BCUT2D eigenvalue weighted by Gasteiger charge is 2.12. The Morgan fingerprint density at radius 1 is 1.10 bits per heavy atom. The molecule has 1 unspecified atom stereocenters. The van der Waals surface area contributed by atoms with E-state index in [0.717, 1.165) is 22.1 Å². The summed E-state index contributed by atoms with van der Waals surface area (Å²) in [6, 6.07) is 17.8. The lowest BCUT2D eigenvalue weighted by Crippen LogP contribution is -2.33. The fourth-order valence-corrected chi connectivity index (χ4v) is 2.56. The first-order chi connectivity index (χ1) is 10.2. The first kappa shape index (κ1) is 15.6. The molecule has 110 valence electrons. The molecule has 1 atom stereocenters. The number of halogens is 1. The molecular weight excluding hydrogens is 328 g/mol. The van der Waals surface area contributed by atoms with Gasteiger partial charge >= 0.3 is 0 Å². The Hall–Kier alpha value is -1.81. The van der Waals surface area contributed by atoms with Crippen molar-refractivity contribution in [3.8, 4) is 0 Å². The van der Waals surface area contributed by atoms with Gasteiger partial charge in [-0.15, -0.1) is 0 Å². The van der Waals surface area contributed by atoms with Crippen molar-refractivity contribution in [3.05, 3.63) is 64.6 Å². The molecule has 1 amide bonds. The van der Waals surface area contributed by atoms with Crippen molar-refractivity contribution < 1.29 is 4.79 Å². The monoisotopic (exact) mass is 346 g/mol. The van der Waals surface area contributed by atoms with Crippen LogP contribution in [0.15, 0.2) is 59.1 Å². The summed E-state index contributed by atoms with van der Waals surface area (Å²) in [7, 11) is 0. The number of hydrogen-bond acceptors (Lipinski definition) is 2. The standard InChI is InChI=1S/C17H19BrN2O/c1-2-15(13-8-4-3-5-9-13)20-17(21)12-19-16-11-7-6-10-14(16)18/h3-11,15,19H,2,12H2,1H3,(H,20,21). The number of carbonyl (C=O) groups is 1. The van der Waals surface area contributed by atoms with Crippen LogP contribution in [0.3, 0.4) is 0 Å². The number of nitrogens with one attached hydrogen (secondary N) is 2. The van der Waals surface area contributed by atoms with Gasteiger partial charge in [0.1, 0.15) is 0 Å². The fourth-order valence-electron chi connectivity index (χ4n) is 2.13. The minimum absolute atomic E-state index is 0.0125. The maximum atomic E-state index is 12.1. The molecule has 0 aromatic heterocycles. The molecule has 0 heterocycles. The smallest absolute Gasteiger partial charge is 0.239 e. The van der Waals surface area contributed by atoms with Crippen LogP contribution < -0.4 is 10.6 Å². The summed E-state index contributed by atoms with van der Waals surface area (Å²) in [6.07, 6.45) is 0.866. The average molecular weight is 347 g/mol. The molecule has 0 saturated carbocycles. The molecule has 0 aliphatic heterocycles. The summed E-state index contributed by atoms with van der Waals surface area (Å²) < 4.78 is 0.952. The highest BCUT2D eigenvalue weighted by molar-refractivity contribution is 9.10. The van der Waals surface area contributed by atoms with Crippen molar-refractivity contribution in [3.63, 3.8) is 0 Å². The van der Waals surface area contributed by atoms with E-state index in [1.54, 1.807) is 0 Å². The lowest BCUT2D eigenvalue weighted by Gasteiger charge is -2.18. The fraction of sp³-hybridized carbons (Fsp3) is 0.235. The Labute approximate surface area is 133 Å². The summed E-state index contributed by atoms with van der Waals surface area (Å²) in [5.74, 6) is -0.0125. The van der Waals surface area contributed by atoms with Crippen molar-refractivity contribution in [2.24, 2.45) is 0 Å². The number of anilines is 1. The summed E-state index contributed by atoms with van der Waals surface area (Å²) in [5.41, 5.74) is 2.05. The molecule has 3 nitrogen and oxygen atoms in total. The van der Waals surface area contributed by atoms with Gasteiger partial charge in [0.15, 0.2) is 0 Å². The zero-order chi connectivity index (χ0) is 15.1. The van der Waals surface area contributed by atoms with E-state index in [1.807, 2.05) is 54.6 Å². The number of hydrogen-bond donors (Lipinski definition) is 2. The number of benzene rings is 2. The highest BCUT2D eigenvalue weighted by atomic mass is 79.9. The minimum atomic E-state index is -0.0125. The maximum Gasteiger partial charge on any atom is 0.239 e. The van der Waals surface area contributed by atoms with Gasteiger partial charge in [0.2, 0.25) is 5.91 Å². The van der Waals surface area contributed by atoms with Crippen LogP contribution in [0.1, 0.15) is 24.9 Å². The van der Waals surface area contributed by atoms with Gasteiger partial charge in [-0.2, -0.15) is 0 Å². The van der Waals surface area contributed by atoms with Crippen LogP contribution in [0.25, 0.3) is 0 Å². The van der Waals surface area contributed by atoms with Crippen molar-refractivity contribution in [1.29, 1.82) is 0 Å². The second kappa shape index (κ2) is 7.84. The number of para-hydroxylation sites is 1. The SMILES string of the molecule is CCC(NC(=O)CNc1ccccc1Br)c1ccccc1. The zero-order valence-electron chi connectivity index (χ0n) is 12.0. The molecule has 0 fully saturated rings. The normalized spacial score (nSPS) is 11.7. The maximum absolute atomic E-state index is 12.1. The predicted molar refractivity (Wildman–Crippen MR) is 90.2 cm³/mol. The molecule has 0 bridgehead atoms. The molecular formula is C17H19BrN2O. The quantitative estimate of drug-likeness (QED) is 0.825. The van der Waals surface area contributed by atoms with E-state index in [0.29, 0.717) is 0 Å². The Bertz CT molecular complexity index is 586. The summed E-state index contributed by atoms with van der Waals surface area (Å²) >= 11 is 3.45. The van der Waals surface area contributed by atoms with Crippen LogP contribution in [0, 0.1) is 0 Å². The molecule has 0 aliphatic carbocycles. The van der Waals surface area contributed by atoms with E-state index in [1.165, 1.54) is 0 Å². The first-order valence-corrected chi connectivity index (χ1v) is 7.82. The average Bonchev–Trinajstić information content (AvgIpc) is 2.52. The third kappa shape index (κ3) is 4.60. The second-order valence-corrected chi connectivity index (χ2v) is 5.63. The lowest BCUT2D eigenvalue weighted by molar-refractivity contribution is -0.120. The molecule has 0 aliphatic rings. The van der Waals surface area contributed by atoms with Crippen LogP contribution in [0.2, 0.25) is 0 Å². The van der Waals surface area contributed by atoms with Gasteiger partial charge in [0, 0.05) is 10.2 Å². The molecule has 2 rings (SSSR count). The summed E-state index contributed by atoms with van der Waals surface area (Å²) in [4.78, 5) is 12.1. The van der Waals surface area contributed by atoms with Crippen LogP contribution in [0.5, 0.6) is 0 Å². The van der Waals surface area contributed by atoms with Crippen molar-refractivity contribution in [2.45, 2.75) is 19.4 Å². The van der Waals surface area contributed by atoms with Crippen molar-refractivity contribution in [1.82, 2.24) is 5.32 Å². The van der Waals surface area contributed by atoms with Gasteiger partial charge in [0.25, 0.3) is 0 Å². The van der Waals surface area contributed by atoms with Gasteiger partial charge < -0.3 is 10.6 Å². The van der Waals surface area contributed by atoms with E-state index in [9.17, 15) is 4.79 Å². The molecule has 0 radical (unpaired) electrons. The largest absolute Gasteiger partial charge is 0.375 e. The summed E-state index contributed by atoms with van der Waals surface area (Å²) in [5, 5.41) is 6.19. The molecule has 2 N–H and O–H groups in total. The molecule has 21 heavy (non-hydrogen) atoms. The third-order valence-corrected chi connectivity index (χ3v) is 3.95.